The molecule has 1 aliphatic heterocycles. The Bertz CT molecular complexity index is 1350. The summed E-state index contributed by atoms with van der Waals surface area (Å²) in [7, 11) is -2.79. The van der Waals surface area contributed by atoms with Crippen LogP contribution in [-0.2, 0) is 19.6 Å². The third kappa shape index (κ3) is 4.64. The number of rotatable bonds is 5. The minimum absolute atomic E-state index is 0.173. The van der Waals surface area contributed by atoms with Gasteiger partial charge in [0.05, 0.1) is 29.7 Å². The molecule has 0 aliphatic carbocycles. The molecule has 0 N–H and O–H groups in total. The highest BCUT2D eigenvalue weighted by Gasteiger charge is 2.45. The van der Waals surface area contributed by atoms with Crippen molar-refractivity contribution in [2.45, 2.75) is 30.3 Å². The molecule has 2 atom stereocenters. The van der Waals surface area contributed by atoms with Gasteiger partial charge in [-0.25, -0.2) is 13.2 Å². The van der Waals surface area contributed by atoms with Gasteiger partial charge in [-0.15, -0.1) is 0 Å². The van der Waals surface area contributed by atoms with Gasteiger partial charge in [0.15, 0.2) is 0 Å². The van der Waals surface area contributed by atoms with E-state index in [0.717, 1.165) is 5.56 Å². The number of esters is 1. The van der Waals surface area contributed by atoms with Crippen LogP contribution in [0.1, 0.15) is 35.2 Å². The zero-order valence-corrected chi connectivity index (χ0v) is 20.9. The van der Waals surface area contributed by atoms with Crippen molar-refractivity contribution in [2.24, 2.45) is 0 Å². The van der Waals surface area contributed by atoms with E-state index in [9.17, 15) is 13.2 Å². The molecule has 3 aromatic rings. The summed E-state index contributed by atoms with van der Waals surface area (Å²) in [5.74, 6) is -0.593. The monoisotopic (exact) mass is 515 g/mol. The predicted octanol–water partition coefficient (Wildman–Crippen LogP) is 6.28. The summed E-state index contributed by atoms with van der Waals surface area (Å²) in [6.07, 6.45) is 2.04. The normalized spacial score (nSPS) is 18.9. The molecule has 1 heterocycles. The molecule has 176 valence electrons. The lowest BCUT2D eigenvalue weighted by Crippen LogP contribution is -2.42. The van der Waals surface area contributed by atoms with E-state index in [1.165, 1.54) is 11.4 Å². The van der Waals surface area contributed by atoms with Gasteiger partial charge in [0.1, 0.15) is 0 Å². The van der Waals surface area contributed by atoms with Crippen LogP contribution in [0.4, 0.5) is 0 Å². The Balaban J connectivity index is 2.00. The quantitative estimate of drug-likeness (QED) is 0.375. The highest BCUT2D eigenvalue weighted by Crippen LogP contribution is 2.46. The number of aryl methyl sites for hydroxylation is 1. The van der Waals surface area contributed by atoms with E-state index in [2.05, 4.69) is 0 Å². The second kappa shape index (κ2) is 9.92. The fourth-order valence-corrected chi connectivity index (χ4v) is 6.65. The highest BCUT2D eigenvalue weighted by atomic mass is 35.5. The van der Waals surface area contributed by atoms with Crippen LogP contribution in [0.25, 0.3) is 0 Å². The van der Waals surface area contributed by atoms with Crippen molar-refractivity contribution < 1.29 is 17.9 Å². The zero-order valence-electron chi connectivity index (χ0n) is 18.6. The number of sulfonamides is 1. The maximum Gasteiger partial charge on any atom is 0.335 e. The van der Waals surface area contributed by atoms with Gasteiger partial charge in [0, 0.05) is 10.0 Å². The molecule has 0 unspecified atom stereocenters. The molecule has 0 amide bonds. The van der Waals surface area contributed by atoms with Gasteiger partial charge in [-0.1, -0.05) is 71.7 Å². The van der Waals surface area contributed by atoms with Gasteiger partial charge in [0.25, 0.3) is 0 Å². The maximum absolute atomic E-state index is 14.3. The van der Waals surface area contributed by atoms with Gasteiger partial charge < -0.3 is 4.74 Å². The minimum Gasteiger partial charge on any atom is -0.466 e. The van der Waals surface area contributed by atoms with E-state index in [1.54, 1.807) is 85.8 Å². The van der Waals surface area contributed by atoms with Crippen LogP contribution in [0.5, 0.6) is 0 Å². The van der Waals surface area contributed by atoms with E-state index < -0.39 is 28.1 Å². The van der Waals surface area contributed by atoms with Gasteiger partial charge in [-0.3, -0.25) is 0 Å². The molecule has 0 saturated carbocycles. The number of carbonyl (C=O) groups excluding carboxylic acids is 1. The lowest BCUT2D eigenvalue weighted by atomic mass is 9.89. The van der Waals surface area contributed by atoms with Gasteiger partial charge in [0.2, 0.25) is 10.0 Å². The number of nitrogens with zero attached hydrogens (tertiary/aromatic N) is 1. The first-order valence-electron chi connectivity index (χ1n) is 10.6. The SMILES string of the molecule is COC(=O)C1=CC[C@@H](c2ccc(Cl)cc2)N(S(=O)(=O)c2ccccc2C)[C@H]1c1cccc(Cl)c1. The van der Waals surface area contributed by atoms with Gasteiger partial charge in [-0.2, -0.15) is 4.31 Å². The summed E-state index contributed by atoms with van der Waals surface area (Å²) in [6.45, 7) is 1.75. The first-order chi connectivity index (χ1) is 16.2. The molecule has 0 spiro atoms. The molecule has 0 bridgehead atoms. The fourth-order valence-electron chi connectivity index (χ4n) is 4.32. The maximum atomic E-state index is 14.3. The van der Waals surface area contributed by atoms with E-state index in [1.807, 2.05) is 0 Å². The summed E-state index contributed by atoms with van der Waals surface area (Å²) in [4.78, 5) is 13.0. The number of benzene rings is 3. The summed E-state index contributed by atoms with van der Waals surface area (Å²) >= 11 is 12.4. The topological polar surface area (TPSA) is 63.7 Å². The van der Waals surface area contributed by atoms with Crippen molar-refractivity contribution in [1.82, 2.24) is 4.31 Å². The lowest BCUT2D eigenvalue weighted by molar-refractivity contribution is -0.137. The molecule has 1 aliphatic rings. The van der Waals surface area contributed by atoms with Crippen LogP contribution in [0.2, 0.25) is 10.0 Å². The molecular formula is C26H23Cl2NO4S. The van der Waals surface area contributed by atoms with Crippen LogP contribution in [0.3, 0.4) is 0 Å². The second-order valence-corrected chi connectivity index (χ2v) is 10.7. The third-order valence-corrected chi connectivity index (χ3v) is 8.43. The number of ether oxygens (including phenoxy) is 1. The van der Waals surface area contributed by atoms with Crippen molar-refractivity contribution in [3.63, 3.8) is 0 Å². The molecule has 0 aromatic heterocycles. The van der Waals surface area contributed by atoms with Crippen LogP contribution in [0, 0.1) is 6.92 Å². The van der Waals surface area contributed by atoms with E-state index >= 15 is 0 Å². The minimum atomic E-state index is -4.08. The van der Waals surface area contributed by atoms with Crippen LogP contribution >= 0.6 is 23.2 Å². The predicted molar refractivity (Wildman–Crippen MR) is 133 cm³/mol. The number of hydrogen-bond acceptors (Lipinski definition) is 4. The van der Waals surface area contributed by atoms with E-state index in [4.69, 9.17) is 27.9 Å². The molecular weight excluding hydrogens is 493 g/mol. The molecule has 5 nitrogen and oxygen atoms in total. The van der Waals surface area contributed by atoms with Crippen LogP contribution in [-0.4, -0.2) is 25.8 Å². The average molecular weight is 516 g/mol. The lowest BCUT2D eigenvalue weighted by Gasteiger charge is -2.41. The second-order valence-electron chi connectivity index (χ2n) is 8.01. The number of methoxy groups -OCH3 is 1. The Kier molecular flexibility index (Phi) is 7.14. The fraction of sp³-hybridized carbons (Fsp3) is 0.192. The van der Waals surface area contributed by atoms with Crippen molar-refractivity contribution in [1.29, 1.82) is 0 Å². The number of hydrogen-bond donors (Lipinski definition) is 0. The van der Waals surface area contributed by atoms with Crippen molar-refractivity contribution in [3.05, 3.63) is 111 Å². The first-order valence-corrected chi connectivity index (χ1v) is 12.8. The number of carbonyl (C=O) groups is 1. The summed E-state index contributed by atoms with van der Waals surface area (Å²) in [5, 5.41) is 0.980. The van der Waals surface area contributed by atoms with E-state index in [-0.39, 0.29) is 16.9 Å². The van der Waals surface area contributed by atoms with Gasteiger partial charge in [-0.05, 0) is 60.4 Å². The smallest absolute Gasteiger partial charge is 0.335 e. The Hall–Kier alpha value is -2.64. The van der Waals surface area contributed by atoms with Crippen LogP contribution < -0.4 is 0 Å². The summed E-state index contributed by atoms with van der Waals surface area (Å²) in [6, 6.07) is 19.2. The summed E-state index contributed by atoms with van der Waals surface area (Å²) in [5.41, 5.74) is 2.18. The molecule has 0 saturated heterocycles. The average Bonchev–Trinajstić information content (AvgIpc) is 2.83. The Morgan fingerprint density at radius 2 is 1.65 bits per heavy atom. The molecule has 4 rings (SSSR count). The Labute approximate surface area is 209 Å². The molecule has 0 radical (unpaired) electrons. The first kappa shape index (κ1) is 24.5. The molecule has 3 aromatic carbocycles. The van der Waals surface area contributed by atoms with Crippen molar-refractivity contribution in [3.8, 4) is 0 Å². The van der Waals surface area contributed by atoms with E-state index in [0.29, 0.717) is 21.2 Å². The van der Waals surface area contributed by atoms with Crippen molar-refractivity contribution >= 4 is 39.2 Å². The summed E-state index contributed by atoms with van der Waals surface area (Å²) < 4.78 is 35.0. The Morgan fingerprint density at radius 3 is 2.29 bits per heavy atom. The zero-order chi connectivity index (χ0) is 24.5. The third-order valence-electron chi connectivity index (χ3n) is 5.91. The van der Waals surface area contributed by atoms with Gasteiger partial charge >= 0.3 is 5.97 Å². The molecule has 34 heavy (non-hydrogen) atoms. The van der Waals surface area contributed by atoms with Crippen LogP contribution in [0.15, 0.2) is 89.3 Å². The Morgan fingerprint density at radius 1 is 0.941 bits per heavy atom. The molecule has 8 heteroatoms. The highest BCUT2D eigenvalue weighted by molar-refractivity contribution is 7.89. The largest absolute Gasteiger partial charge is 0.466 e. The standard InChI is InChI=1S/C26H23Cl2NO4S/c1-17-6-3-4-9-24(17)34(31,32)29-23(18-10-12-20(27)13-11-18)15-14-22(26(30)33-2)25(29)19-7-5-8-21(28)16-19/h3-14,16,23,25H,15H2,1-2H3/t23-,25-/m0/s1. The molecule has 0 fully saturated rings. The number of halogens is 2. The van der Waals surface area contributed by atoms with Crippen molar-refractivity contribution in [2.75, 3.05) is 7.11 Å².